The van der Waals surface area contributed by atoms with Crippen LogP contribution >= 0.6 is 0 Å². The molecule has 1 unspecified atom stereocenters. The predicted molar refractivity (Wildman–Crippen MR) is 127 cm³/mol. The molecule has 3 heterocycles. The van der Waals surface area contributed by atoms with Crippen LogP contribution in [0, 0.1) is 0 Å². The van der Waals surface area contributed by atoms with Crippen LogP contribution in [0.2, 0.25) is 0 Å². The van der Waals surface area contributed by atoms with Crippen molar-refractivity contribution in [2.24, 2.45) is 0 Å². The van der Waals surface area contributed by atoms with Crippen LogP contribution in [0.15, 0.2) is 42.1 Å². The number of methoxy groups -OCH3 is 1. The highest BCUT2D eigenvalue weighted by Gasteiger charge is 2.29. The van der Waals surface area contributed by atoms with E-state index in [1.807, 2.05) is 24.4 Å². The number of carbonyl (C=O) groups is 1. The molecule has 32 heavy (non-hydrogen) atoms. The van der Waals surface area contributed by atoms with Crippen LogP contribution in [0.5, 0.6) is 0 Å². The minimum Gasteiger partial charge on any atom is -0.466 e. The molecular formula is C26H34N4O2. The second-order valence-electron chi connectivity index (χ2n) is 9.10. The standard InChI is InChI=1S/C26H34N4O2/c1-18(2)29-15-13-23-22(16-21(17-29)26(31)32-4)25(30-14-9-8-10-19(30)3)28-24(27-23)20-11-6-5-7-12-20/h5-7,11-12,17-19H,8-10,13-16H2,1-4H3/b21-17+. The number of rotatable bonds is 4. The molecular weight excluding hydrogens is 400 g/mol. The second-order valence-corrected chi connectivity index (χ2v) is 9.10. The van der Waals surface area contributed by atoms with E-state index >= 15 is 0 Å². The molecule has 6 nitrogen and oxygen atoms in total. The van der Waals surface area contributed by atoms with Gasteiger partial charge < -0.3 is 14.5 Å². The lowest BCUT2D eigenvalue weighted by Crippen LogP contribution is -2.39. The number of aromatic nitrogens is 2. The first-order valence-corrected chi connectivity index (χ1v) is 11.7. The van der Waals surface area contributed by atoms with Crippen LogP contribution in [0.4, 0.5) is 5.82 Å². The number of ether oxygens (including phenoxy) is 1. The summed E-state index contributed by atoms with van der Waals surface area (Å²) in [6, 6.07) is 10.9. The molecule has 0 amide bonds. The topological polar surface area (TPSA) is 58.6 Å². The third kappa shape index (κ3) is 4.64. The van der Waals surface area contributed by atoms with Crippen LogP contribution in [0.3, 0.4) is 0 Å². The summed E-state index contributed by atoms with van der Waals surface area (Å²) in [7, 11) is 1.45. The summed E-state index contributed by atoms with van der Waals surface area (Å²) in [5.41, 5.74) is 3.78. The molecule has 2 aliphatic heterocycles. The molecule has 1 saturated heterocycles. The zero-order chi connectivity index (χ0) is 22.7. The highest BCUT2D eigenvalue weighted by atomic mass is 16.5. The smallest absolute Gasteiger partial charge is 0.335 e. The third-order valence-corrected chi connectivity index (χ3v) is 6.58. The van der Waals surface area contributed by atoms with Gasteiger partial charge in [-0.3, -0.25) is 0 Å². The van der Waals surface area contributed by atoms with Crippen LogP contribution in [-0.2, 0) is 22.4 Å². The highest BCUT2D eigenvalue weighted by molar-refractivity contribution is 5.89. The Kier molecular flexibility index (Phi) is 6.77. The summed E-state index contributed by atoms with van der Waals surface area (Å²) in [6.07, 6.45) is 6.83. The fourth-order valence-electron chi connectivity index (χ4n) is 4.67. The number of hydrogen-bond donors (Lipinski definition) is 0. The summed E-state index contributed by atoms with van der Waals surface area (Å²) < 4.78 is 5.14. The third-order valence-electron chi connectivity index (χ3n) is 6.58. The van der Waals surface area contributed by atoms with Crippen molar-refractivity contribution < 1.29 is 9.53 Å². The molecule has 1 aromatic heterocycles. The van der Waals surface area contributed by atoms with Gasteiger partial charge in [0.1, 0.15) is 5.82 Å². The molecule has 0 aliphatic carbocycles. The minimum atomic E-state index is -0.284. The van der Waals surface area contributed by atoms with Gasteiger partial charge in [0, 0.05) is 55.3 Å². The van der Waals surface area contributed by atoms with E-state index in [1.165, 1.54) is 13.5 Å². The molecule has 0 N–H and O–H groups in total. The van der Waals surface area contributed by atoms with E-state index in [0.29, 0.717) is 18.0 Å². The maximum atomic E-state index is 12.7. The fourth-order valence-corrected chi connectivity index (χ4v) is 4.67. The van der Waals surface area contributed by atoms with Gasteiger partial charge in [-0.1, -0.05) is 30.3 Å². The first kappa shape index (κ1) is 22.3. The Hall–Kier alpha value is -2.89. The molecule has 1 atom stereocenters. The molecule has 0 radical (unpaired) electrons. The molecule has 0 bridgehead atoms. The lowest BCUT2D eigenvalue weighted by molar-refractivity contribution is -0.136. The van der Waals surface area contributed by atoms with Crippen LogP contribution in [0.25, 0.3) is 11.4 Å². The Labute approximate surface area is 191 Å². The molecule has 2 aliphatic rings. The van der Waals surface area contributed by atoms with Crippen molar-refractivity contribution in [1.29, 1.82) is 0 Å². The van der Waals surface area contributed by atoms with Crippen molar-refractivity contribution in [1.82, 2.24) is 14.9 Å². The maximum Gasteiger partial charge on any atom is 0.335 e. The van der Waals surface area contributed by atoms with E-state index in [-0.39, 0.29) is 12.0 Å². The SMILES string of the molecule is COC(=O)/C1=C/N(C(C)C)CCc2nc(-c3ccccc3)nc(N3CCCCC3C)c2C1. The maximum absolute atomic E-state index is 12.7. The van der Waals surface area contributed by atoms with Crippen molar-refractivity contribution in [3.8, 4) is 11.4 Å². The predicted octanol–water partition coefficient (Wildman–Crippen LogP) is 4.39. The summed E-state index contributed by atoms with van der Waals surface area (Å²) in [6.45, 7) is 8.34. The lowest BCUT2D eigenvalue weighted by Gasteiger charge is -2.37. The number of anilines is 1. The molecule has 6 heteroatoms. The van der Waals surface area contributed by atoms with Crippen molar-refractivity contribution >= 4 is 11.8 Å². The van der Waals surface area contributed by atoms with E-state index in [0.717, 1.165) is 60.8 Å². The summed E-state index contributed by atoms with van der Waals surface area (Å²) in [5.74, 6) is 1.46. The minimum absolute atomic E-state index is 0.284. The average Bonchev–Trinajstić information content (AvgIpc) is 2.79. The van der Waals surface area contributed by atoms with Crippen LogP contribution in [0.1, 0.15) is 51.3 Å². The molecule has 2 aromatic rings. The Morgan fingerprint density at radius 3 is 2.59 bits per heavy atom. The van der Waals surface area contributed by atoms with Crippen molar-refractivity contribution in [2.45, 2.75) is 65.0 Å². The summed E-state index contributed by atoms with van der Waals surface area (Å²) in [5, 5.41) is 0. The van der Waals surface area contributed by atoms with Gasteiger partial charge in [-0.2, -0.15) is 0 Å². The second kappa shape index (κ2) is 9.72. The number of benzene rings is 1. The normalized spacial score (nSPS) is 20.8. The first-order valence-electron chi connectivity index (χ1n) is 11.7. The van der Waals surface area contributed by atoms with Gasteiger partial charge in [0.25, 0.3) is 0 Å². The van der Waals surface area contributed by atoms with Gasteiger partial charge in [0.05, 0.1) is 18.4 Å². The van der Waals surface area contributed by atoms with Gasteiger partial charge in [0.2, 0.25) is 0 Å². The Balaban J connectivity index is 1.87. The van der Waals surface area contributed by atoms with Gasteiger partial charge >= 0.3 is 5.97 Å². The number of esters is 1. The van der Waals surface area contributed by atoms with Crippen LogP contribution in [-0.4, -0.2) is 53.1 Å². The molecule has 4 rings (SSSR count). The first-order chi connectivity index (χ1) is 15.5. The number of nitrogens with zero attached hydrogens (tertiary/aromatic N) is 4. The van der Waals surface area contributed by atoms with Gasteiger partial charge in [-0.25, -0.2) is 14.8 Å². The summed E-state index contributed by atoms with van der Waals surface area (Å²) in [4.78, 5) is 27.4. The van der Waals surface area contributed by atoms with E-state index in [9.17, 15) is 4.79 Å². The van der Waals surface area contributed by atoms with E-state index in [1.54, 1.807) is 0 Å². The molecule has 0 spiro atoms. The Morgan fingerprint density at radius 1 is 1.12 bits per heavy atom. The zero-order valence-electron chi connectivity index (χ0n) is 19.7. The Morgan fingerprint density at radius 2 is 1.91 bits per heavy atom. The van der Waals surface area contributed by atoms with E-state index < -0.39 is 0 Å². The van der Waals surface area contributed by atoms with Crippen molar-refractivity contribution in [3.63, 3.8) is 0 Å². The van der Waals surface area contributed by atoms with Gasteiger partial charge in [-0.15, -0.1) is 0 Å². The lowest BCUT2D eigenvalue weighted by atomic mass is 9.97. The van der Waals surface area contributed by atoms with Crippen LogP contribution < -0.4 is 4.90 Å². The molecule has 1 fully saturated rings. The fraction of sp³-hybridized carbons (Fsp3) is 0.500. The van der Waals surface area contributed by atoms with Crippen molar-refractivity contribution in [2.75, 3.05) is 25.1 Å². The summed E-state index contributed by atoms with van der Waals surface area (Å²) >= 11 is 0. The number of piperidine rings is 1. The molecule has 1 aromatic carbocycles. The number of fused-ring (bicyclic) bond motifs is 1. The zero-order valence-corrected chi connectivity index (χ0v) is 19.7. The largest absolute Gasteiger partial charge is 0.466 e. The van der Waals surface area contributed by atoms with E-state index in [4.69, 9.17) is 14.7 Å². The number of carbonyl (C=O) groups excluding carboxylic acids is 1. The monoisotopic (exact) mass is 434 g/mol. The highest BCUT2D eigenvalue weighted by Crippen LogP contribution is 2.33. The number of hydrogen-bond acceptors (Lipinski definition) is 6. The molecule has 0 saturated carbocycles. The van der Waals surface area contributed by atoms with E-state index in [2.05, 4.69) is 42.7 Å². The van der Waals surface area contributed by atoms with Gasteiger partial charge in [0.15, 0.2) is 5.82 Å². The quantitative estimate of drug-likeness (QED) is 0.666. The van der Waals surface area contributed by atoms with Crippen molar-refractivity contribution in [3.05, 3.63) is 53.4 Å². The average molecular weight is 435 g/mol. The molecule has 170 valence electrons. The van der Waals surface area contributed by atoms with Gasteiger partial charge in [-0.05, 0) is 40.0 Å². The Bertz CT molecular complexity index is 987.